The Morgan fingerprint density at radius 2 is 1.76 bits per heavy atom. The zero-order valence-electron chi connectivity index (χ0n) is 22.3. The molecule has 0 radical (unpaired) electrons. The largest absolute Gasteiger partial charge is 0.486 e. The fraction of sp³-hybridized carbons (Fsp3) is 0.759. The molecule has 4 bridgehead atoms. The Bertz CT molecular complexity index is 1110. The molecule has 1 aromatic carbocycles. The standard InChI is InChI=1S/C29H42N2O6S/c32-27(5-1-4-12-38(34,35)29-16-20-13-22(17-29)23(14-20)18-29)30-24(19-31-8-2-3-9-31)28(33)21-6-7-25-26(15-21)37-11-10-36-25/h6-7,15,20,22-24,28,33H,1-5,8-14,16-19H2,(H,30,32)/t20?,22?,23?,24-,28-,29?/m1/s1. The van der Waals surface area contributed by atoms with Crippen LogP contribution in [-0.2, 0) is 14.6 Å². The molecule has 1 saturated heterocycles. The van der Waals surface area contributed by atoms with Gasteiger partial charge in [-0.25, -0.2) is 8.42 Å². The van der Waals surface area contributed by atoms with Gasteiger partial charge < -0.3 is 24.8 Å². The highest BCUT2D eigenvalue weighted by atomic mass is 32.2. The van der Waals surface area contributed by atoms with Crippen LogP contribution in [0.4, 0.5) is 0 Å². The van der Waals surface area contributed by atoms with Crippen LogP contribution in [-0.4, -0.2) is 73.7 Å². The summed E-state index contributed by atoms with van der Waals surface area (Å²) in [5, 5.41) is 14.3. The predicted octanol–water partition coefficient (Wildman–Crippen LogP) is 3.24. The van der Waals surface area contributed by atoms with Crippen LogP contribution < -0.4 is 14.8 Å². The molecule has 1 amide bonds. The summed E-state index contributed by atoms with van der Waals surface area (Å²) in [6.45, 7) is 3.47. The summed E-state index contributed by atoms with van der Waals surface area (Å²) in [7, 11) is -3.15. The van der Waals surface area contributed by atoms with Crippen molar-refractivity contribution < 1.29 is 27.8 Å². The second-order valence-electron chi connectivity index (χ2n) is 12.5. The van der Waals surface area contributed by atoms with Gasteiger partial charge in [0, 0.05) is 13.0 Å². The molecule has 2 N–H and O–H groups in total. The van der Waals surface area contributed by atoms with Crippen molar-refractivity contribution in [3.8, 4) is 11.5 Å². The smallest absolute Gasteiger partial charge is 0.220 e. The molecule has 1 aromatic rings. The number of carbonyl (C=O) groups excluding carboxylic acids is 1. The molecule has 2 heterocycles. The lowest BCUT2D eigenvalue weighted by Gasteiger charge is -2.37. The van der Waals surface area contributed by atoms with Crippen molar-refractivity contribution in [2.45, 2.75) is 81.1 Å². The summed E-state index contributed by atoms with van der Waals surface area (Å²) in [6.07, 6.45) is 7.74. The minimum atomic E-state index is -3.15. The Balaban J connectivity index is 1.03. The monoisotopic (exact) mass is 546 g/mol. The summed E-state index contributed by atoms with van der Waals surface area (Å²) in [5.41, 5.74) is 0.685. The van der Waals surface area contributed by atoms with E-state index < -0.39 is 26.7 Å². The van der Waals surface area contributed by atoms with E-state index in [9.17, 15) is 18.3 Å². The molecular formula is C29H42N2O6S. The molecule has 2 unspecified atom stereocenters. The molecule has 8 nitrogen and oxygen atoms in total. The lowest BCUT2D eigenvalue weighted by atomic mass is 9.81. The maximum absolute atomic E-state index is 13.3. The number of aliphatic hydroxyl groups excluding tert-OH is 1. The van der Waals surface area contributed by atoms with Gasteiger partial charge in [0.25, 0.3) is 0 Å². The summed E-state index contributed by atoms with van der Waals surface area (Å²) >= 11 is 0. The number of hydrogen-bond donors (Lipinski definition) is 2. The highest BCUT2D eigenvalue weighted by molar-refractivity contribution is 7.92. The van der Waals surface area contributed by atoms with E-state index in [1.165, 1.54) is 12.8 Å². The highest BCUT2D eigenvalue weighted by Gasteiger charge is 2.61. The van der Waals surface area contributed by atoms with E-state index in [1.807, 2.05) is 12.1 Å². The Morgan fingerprint density at radius 1 is 1.05 bits per heavy atom. The molecule has 4 saturated carbocycles. The number of sulfone groups is 1. The zero-order valence-corrected chi connectivity index (χ0v) is 23.1. The van der Waals surface area contributed by atoms with Crippen molar-refractivity contribution in [1.82, 2.24) is 10.2 Å². The molecule has 38 heavy (non-hydrogen) atoms. The van der Waals surface area contributed by atoms with Crippen LogP contribution in [0.25, 0.3) is 0 Å². The topological polar surface area (TPSA) is 105 Å². The first-order chi connectivity index (χ1) is 18.3. The summed E-state index contributed by atoms with van der Waals surface area (Å²) < 4.78 is 37.5. The summed E-state index contributed by atoms with van der Waals surface area (Å²) in [5.74, 6) is 3.19. The van der Waals surface area contributed by atoms with Crippen molar-refractivity contribution in [1.29, 1.82) is 0 Å². The minimum Gasteiger partial charge on any atom is -0.486 e. The van der Waals surface area contributed by atoms with Crippen LogP contribution in [0.5, 0.6) is 11.5 Å². The SMILES string of the molecule is O=C(CCCCS(=O)(=O)C12CC3CC(C1)C(C3)C2)N[C@H](CN1CCCC1)[C@H](O)c1ccc2c(c1)OCCO2. The van der Waals surface area contributed by atoms with Crippen molar-refractivity contribution in [2.24, 2.45) is 17.8 Å². The summed E-state index contributed by atoms with van der Waals surface area (Å²) in [6, 6.07) is 4.98. The number of nitrogens with zero attached hydrogens (tertiary/aromatic N) is 1. The maximum atomic E-state index is 13.3. The van der Waals surface area contributed by atoms with Gasteiger partial charge in [-0.2, -0.15) is 0 Å². The number of benzene rings is 1. The van der Waals surface area contributed by atoms with Crippen LogP contribution >= 0.6 is 0 Å². The van der Waals surface area contributed by atoms with Crippen LogP contribution in [0.2, 0.25) is 0 Å². The second kappa shape index (κ2) is 10.6. The number of unbranched alkanes of at least 4 members (excludes halogenated alkanes) is 1. The Hall–Kier alpha value is -1.84. The molecule has 0 aromatic heterocycles. The number of ether oxygens (including phenoxy) is 2. The van der Waals surface area contributed by atoms with Gasteiger partial charge in [-0.15, -0.1) is 0 Å². The molecule has 6 aliphatic rings. The number of amides is 1. The molecule has 0 spiro atoms. The molecule has 5 fully saturated rings. The number of rotatable bonds is 11. The van der Waals surface area contributed by atoms with Gasteiger partial charge in [-0.1, -0.05) is 6.07 Å². The van der Waals surface area contributed by atoms with E-state index in [0.717, 1.165) is 45.2 Å². The van der Waals surface area contributed by atoms with Gasteiger partial charge in [0.1, 0.15) is 19.3 Å². The van der Waals surface area contributed by atoms with E-state index >= 15 is 0 Å². The van der Waals surface area contributed by atoms with E-state index in [0.29, 0.717) is 67.4 Å². The molecule has 4 atom stereocenters. The molecule has 2 aliphatic heterocycles. The van der Waals surface area contributed by atoms with Crippen molar-refractivity contribution in [3.63, 3.8) is 0 Å². The number of carbonyl (C=O) groups is 1. The first kappa shape index (κ1) is 26.4. The molecule has 4 aliphatic carbocycles. The zero-order chi connectivity index (χ0) is 26.3. The Labute approximate surface area is 226 Å². The number of aliphatic hydroxyl groups is 1. The Morgan fingerprint density at radius 3 is 2.47 bits per heavy atom. The fourth-order valence-electron chi connectivity index (χ4n) is 8.13. The number of nitrogens with one attached hydrogen (secondary N) is 1. The Kier molecular flexibility index (Phi) is 7.37. The van der Waals surface area contributed by atoms with Crippen molar-refractivity contribution >= 4 is 15.7 Å². The van der Waals surface area contributed by atoms with Crippen LogP contribution in [0.3, 0.4) is 0 Å². The average Bonchev–Trinajstić information content (AvgIpc) is 3.59. The third kappa shape index (κ3) is 5.18. The average molecular weight is 547 g/mol. The fourth-order valence-corrected chi connectivity index (χ4v) is 10.6. The normalized spacial score (nSPS) is 31.4. The lowest BCUT2D eigenvalue weighted by Crippen LogP contribution is -2.46. The minimum absolute atomic E-state index is 0.138. The molecule has 7 rings (SSSR count). The predicted molar refractivity (Wildman–Crippen MR) is 144 cm³/mol. The van der Waals surface area contributed by atoms with Gasteiger partial charge in [0.15, 0.2) is 21.3 Å². The van der Waals surface area contributed by atoms with E-state index in [-0.39, 0.29) is 18.1 Å². The molecule has 9 heteroatoms. The quantitative estimate of drug-likeness (QED) is 0.411. The van der Waals surface area contributed by atoms with Gasteiger partial charge in [-0.05, 0) is 106 Å². The van der Waals surface area contributed by atoms with Crippen molar-refractivity contribution in [2.75, 3.05) is 38.6 Å². The highest BCUT2D eigenvalue weighted by Crippen LogP contribution is 2.62. The van der Waals surface area contributed by atoms with E-state index in [4.69, 9.17) is 9.47 Å². The number of hydrogen-bond acceptors (Lipinski definition) is 7. The third-order valence-electron chi connectivity index (χ3n) is 9.88. The van der Waals surface area contributed by atoms with E-state index in [2.05, 4.69) is 10.2 Å². The third-order valence-corrected chi connectivity index (χ3v) is 12.5. The number of fused-ring (bicyclic) bond motifs is 1. The van der Waals surface area contributed by atoms with Crippen LogP contribution in [0.15, 0.2) is 18.2 Å². The second-order valence-corrected chi connectivity index (χ2v) is 15.0. The van der Waals surface area contributed by atoms with Gasteiger partial charge in [0.2, 0.25) is 5.91 Å². The first-order valence-corrected chi connectivity index (χ1v) is 16.3. The van der Waals surface area contributed by atoms with Gasteiger partial charge >= 0.3 is 0 Å². The van der Waals surface area contributed by atoms with E-state index in [1.54, 1.807) is 6.07 Å². The molecular weight excluding hydrogens is 504 g/mol. The van der Waals surface area contributed by atoms with Gasteiger partial charge in [0.05, 0.1) is 16.5 Å². The maximum Gasteiger partial charge on any atom is 0.220 e. The lowest BCUT2D eigenvalue weighted by molar-refractivity contribution is -0.123. The van der Waals surface area contributed by atoms with Gasteiger partial charge in [-0.3, -0.25) is 4.79 Å². The van der Waals surface area contributed by atoms with Crippen LogP contribution in [0.1, 0.15) is 75.9 Å². The molecule has 210 valence electrons. The van der Waals surface area contributed by atoms with Crippen molar-refractivity contribution in [3.05, 3.63) is 23.8 Å². The summed E-state index contributed by atoms with van der Waals surface area (Å²) in [4.78, 5) is 15.2. The number of likely N-dealkylation sites (tertiary alicyclic amines) is 1. The van der Waals surface area contributed by atoms with Crippen LogP contribution in [0, 0.1) is 17.8 Å². The first-order valence-electron chi connectivity index (χ1n) is 14.6.